The van der Waals surface area contributed by atoms with Gasteiger partial charge < -0.3 is 14.9 Å². The predicted molar refractivity (Wildman–Crippen MR) is 74.6 cm³/mol. The highest BCUT2D eigenvalue weighted by atomic mass is 79.9. The Morgan fingerprint density at radius 2 is 2.06 bits per heavy atom. The normalized spacial score (nSPS) is 12.7. The molecule has 2 rings (SSSR count). The first kappa shape index (κ1) is 13.2. The molecule has 0 aliphatic carbocycles. The van der Waals surface area contributed by atoms with Crippen molar-refractivity contribution in [2.24, 2.45) is 5.73 Å². The molecule has 1 aromatic carbocycles. The molecule has 2 N–H and O–H groups in total. The first-order valence-corrected chi connectivity index (χ1v) is 6.62. The van der Waals surface area contributed by atoms with Crippen LogP contribution in [0.15, 0.2) is 45.7 Å². The van der Waals surface area contributed by atoms with Crippen LogP contribution in [0.5, 0.6) is 5.75 Å². The third-order valence-electron chi connectivity index (χ3n) is 2.57. The summed E-state index contributed by atoms with van der Waals surface area (Å²) in [5.41, 5.74) is 8.14. The van der Waals surface area contributed by atoms with Crippen LogP contribution in [0.25, 0.3) is 0 Å². The second kappa shape index (κ2) is 5.59. The van der Waals surface area contributed by atoms with Crippen LogP contribution in [0, 0.1) is 0 Å². The van der Waals surface area contributed by atoms with Crippen molar-refractivity contribution in [3.8, 4) is 5.75 Å². The standard InChI is InChI=1S/C14H16BrNO2/c1-9(2)18-11-5-3-4-10(8-11)13(16)12-6-7-17-14(12)15/h3-9,13H,16H2,1-2H3. The molecule has 18 heavy (non-hydrogen) atoms. The highest BCUT2D eigenvalue weighted by molar-refractivity contribution is 9.10. The van der Waals surface area contributed by atoms with Crippen LogP contribution < -0.4 is 10.5 Å². The van der Waals surface area contributed by atoms with E-state index >= 15 is 0 Å². The van der Waals surface area contributed by atoms with E-state index in [1.54, 1.807) is 6.26 Å². The van der Waals surface area contributed by atoms with Gasteiger partial charge in [0.25, 0.3) is 0 Å². The fourth-order valence-electron chi connectivity index (χ4n) is 1.76. The summed E-state index contributed by atoms with van der Waals surface area (Å²) < 4.78 is 11.5. The lowest BCUT2D eigenvalue weighted by molar-refractivity contribution is 0.242. The van der Waals surface area contributed by atoms with E-state index in [1.807, 2.05) is 44.2 Å². The Balaban J connectivity index is 2.25. The summed E-state index contributed by atoms with van der Waals surface area (Å²) in [5.74, 6) is 0.831. The van der Waals surface area contributed by atoms with Gasteiger partial charge in [-0.3, -0.25) is 0 Å². The number of benzene rings is 1. The summed E-state index contributed by atoms with van der Waals surface area (Å²) in [5, 5.41) is 0. The van der Waals surface area contributed by atoms with Crippen LogP contribution in [0.2, 0.25) is 0 Å². The summed E-state index contributed by atoms with van der Waals surface area (Å²) in [7, 11) is 0. The molecule has 1 heterocycles. The van der Waals surface area contributed by atoms with Crippen LogP contribution in [0.1, 0.15) is 31.0 Å². The summed E-state index contributed by atoms with van der Waals surface area (Å²) >= 11 is 3.35. The summed E-state index contributed by atoms with van der Waals surface area (Å²) in [6.45, 7) is 4.00. The molecule has 0 bridgehead atoms. The first-order valence-electron chi connectivity index (χ1n) is 5.83. The maximum Gasteiger partial charge on any atom is 0.174 e. The maximum absolute atomic E-state index is 6.22. The van der Waals surface area contributed by atoms with E-state index in [4.69, 9.17) is 14.9 Å². The molecule has 3 nitrogen and oxygen atoms in total. The van der Waals surface area contributed by atoms with E-state index in [2.05, 4.69) is 15.9 Å². The largest absolute Gasteiger partial charge is 0.491 e. The average Bonchev–Trinajstić information content (AvgIpc) is 2.74. The van der Waals surface area contributed by atoms with Crippen molar-refractivity contribution in [3.63, 3.8) is 0 Å². The number of halogens is 1. The fraction of sp³-hybridized carbons (Fsp3) is 0.286. The number of rotatable bonds is 4. The van der Waals surface area contributed by atoms with Crippen LogP contribution in [0.4, 0.5) is 0 Å². The Morgan fingerprint density at radius 3 is 2.67 bits per heavy atom. The lowest BCUT2D eigenvalue weighted by atomic mass is 10.0. The summed E-state index contributed by atoms with van der Waals surface area (Å²) in [6, 6.07) is 9.46. The van der Waals surface area contributed by atoms with Crippen molar-refractivity contribution in [3.05, 3.63) is 52.4 Å². The maximum atomic E-state index is 6.22. The molecule has 4 heteroatoms. The van der Waals surface area contributed by atoms with Gasteiger partial charge in [-0.15, -0.1) is 0 Å². The molecule has 0 amide bonds. The van der Waals surface area contributed by atoms with E-state index in [0.717, 1.165) is 16.9 Å². The van der Waals surface area contributed by atoms with E-state index in [0.29, 0.717) is 4.67 Å². The van der Waals surface area contributed by atoms with Gasteiger partial charge in [0.05, 0.1) is 18.4 Å². The number of furan rings is 1. The molecule has 0 aliphatic heterocycles. The van der Waals surface area contributed by atoms with Gasteiger partial charge in [0, 0.05) is 5.56 Å². The highest BCUT2D eigenvalue weighted by Crippen LogP contribution is 2.29. The molecule has 0 spiro atoms. The Bertz CT molecular complexity index is 522. The average molecular weight is 310 g/mol. The zero-order valence-electron chi connectivity index (χ0n) is 10.4. The minimum Gasteiger partial charge on any atom is -0.491 e. The molecule has 96 valence electrons. The molecule has 0 saturated heterocycles. The lowest BCUT2D eigenvalue weighted by Gasteiger charge is -2.14. The number of hydrogen-bond donors (Lipinski definition) is 1. The zero-order valence-corrected chi connectivity index (χ0v) is 12.0. The van der Waals surface area contributed by atoms with Crippen LogP contribution in [-0.2, 0) is 0 Å². The Hall–Kier alpha value is -1.26. The summed E-state index contributed by atoms with van der Waals surface area (Å²) in [6.07, 6.45) is 1.77. The van der Waals surface area contributed by atoms with Gasteiger partial charge in [0.1, 0.15) is 5.75 Å². The topological polar surface area (TPSA) is 48.4 Å². The molecule has 1 atom stereocenters. The monoisotopic (exact) mass is 309 g/mol. The molecule has 1 aromatic heterocycles. The second-order valence-corrected chi connectivity index (χ2v) is 5.09. The molecule has 0 fully saturated rings. The molecule has 0 aliphatic rings. The van der Waals surface area contributed by atoms with E-state index in [9.17, 15) is 0 Å². The molecule has 0 radical (unpaired) electrons. The Morgan fingerprint density at radius 1 is 1.28 bits per heavy atom. The van der Waals surface area contributed by atoms with Gasteiger partial charge in [-0.05, 0) is 53.5 Å². The fourth-order valence-corrected chi connectivity index (χ4v) is 2.25. The summed E-state index contributed by atoms with van der Waals surface area (Å²) in [4.78, 5) is 0. The second-order valence-electron chi connectivity index (χ2n) is 4.37. The Kier molecular flexibility index (Phi) is 4.09. The quantitative estimate of drug-likeness (QED) is 0.932. The Labute approximate surface area is 115 Å². The van der Waals surface area contributed by atoms with Gasteiger partial charge in [-0.2, -0.15) is 0 Å². The van der Waals surface area contributed by atoms with E-state index in [1.165, 1.54) is 0 Å². The third-order valence-corrected chi connectivity index (χ3v) is 3.21. The third kappa shape index (κ3) is 2.94. The zero-order chi connectivity index (χ0) is 13.1. The van der Waals surface area contributed by atoms with Crippen molar-refractivity contribution in [2.75, 3.05) is 0 Å². The predicted octanol–water partition coefficient (Wildman–Crippen LogP) is 3.88. The van der Waals surface area contributed by atoms with Gasteiger partial charge in [-0.1, -0.05) is 12.1 Å². The van der Waals surface area contributed by atoms with Gasteiger partial charge in [0.2, 0.25) is 0 Å². The van der Waals surface area contributed by atoms with E-state index < -0.39 is 0 Å². The van der Waals surface area contributed by atoms with Crippen LogP contribution in [-0.4, -0.2) is 6.10 Å². The van der Waals surface area contributed by atoms with Gasteiger partial charge >= 0.3 is 0 Å². The van der Waals surface area contributed by atoms with Crippen molar-refractivity contribution in [2.45, 2.75) is 26.0 Å². The molecule has 2 aromatic rings. The molecular weight excluding hydrogens is 294 g/mol. The van der Waals surface area contributed by atoms with E-state index in [-0.39, 0.29) is 12.1 Å². The molecule has 0 saturated carbocycles. The van der Waals surface area contributed by atoms with Gasteiger partial charge in [-0.25, -0.2) is 0 Å². The van der Waals surface area contributed by atoms with Crippen molar-refractivity contribution in [1.29, 1.82) is 0 Å². The smallest absolute Gasteiger partial charge is 0.174 e. The SMILES string of the molecule is CC(C)Oc1cccc(C(N)c2ccoc2Br)c1. The molecule has 1 unspecified atom stereocenters. The lowest BCUT2D eigenvalue weighted by Crippen LogP contribution is -2.12. The van der Waals surface area contributed by atoms with Crippen LogP contribution >= 0.6 is 15.9 Å². The number of hydrogen-bond acceptors (Lipinski definition) is 3. The number of nitrogens with two attached hydrogens (primary N) is 1. The van der Waals surface area contributed by atoms with Crippen molar-refractivity contribution >= 4 is 15.9 Å². The minimum atomic E-state index is -0.228. The van der Waals surface area contributed by atoms with Crippen LogP contribution in [0.3, 0.4) is 0 Å². The molecular formula is C14H16BrNO2. The minimum absolute atomic E-state index is 0.150. The van der Waals surface area contributed by atoms with Gasteiger partial charge in [0.15, 0.2) is 4.67 Å². The van der Waals surface area contributed by atoms with Crippen molar-refractivity contribution < 1.29 is 9.15 Å². The van der Waals surface area contributed by atoms with Crippen molar-refractivity contribution in [1.82, 2.24) is 0 Å². The number of ether oxygens (including phenoxy) is 1. The first-order chi connectivity index (χ1) is 8.58. The highest BCUT2D eigenvalue weighted by Gasteiger charge is 2.15.